The van der Waals surface area contributed by atoms with Crippen LogP contribution >= 0.6 is 0 Å². The smallest absolute Gasteiger partial charge is 0.272 e. The average Bonchev–Trinajstić information content (AvgIpc) is 2.99. The van der Waals surface area contributed by atoms with Crippen LogP contribution in [0.15, 0.2) is 54.4 Å². The van der Waals surface area contributed by atoms with Crippen LogP contribution in [0.4, 0.5) is 5.82 Å². The normalized spacial score (nSPS) is 22.1. The van der Waals surface area contributed by atoms with E-state index in [0.29, 0.717) is 24.4 Å². The van der Waals surface area contributed by atoms with Crippen molar-refractivity contribution in [1.82, 2.24) is 4.90 Å². The van der Waals surface area contributed by atoms with Gasteiger partial charge in [0.05, 0.1) is 35.9 Å². The van der Waals surface area contributed by atoms with Gasteiger partial charge in [0.1, 0.15) is 6.54 Å². The molecule has 0 radical (unpaired) electrons. The lowest BCUT2D eigenvalue weighted by atomic mass is 9.82. The molecule has 2 aliphatic heterocycles. The number of nitrogen functional groups attached to an aromatic ring is 1. The highest BCUT2D eigenvalue weighted by Gasteiger charge is 2.55. The summed E-state index contributed by atoms with van der Waals surface area (Å²) in [4.78, 5) is 25.4. The zero-order valence-corrected chi connectivity index (χ0v) is 15.4. The molecule has 28 heavy (non-hydrogen) atoms. The Hall–Kier alpha value is -3.19. The van der Waals surface area contributed by atoms with Gasteiger partial charge in [0, 0.05) is 6.07 Å². The van der Waals surface area contributed by atoms with Gasteiger partial charge < -0.3 is 19.9 Å². The number of nitrogens with zero attached hydrogens (tertiary/aromatic N) is 2. The number of carboxylic acid groups (broad SMARTS) is 1. The van der Waals surface area contributed by atoms with Crippen molar-refractivity contribution >= 4 is 23.3 Å². The Bertz CT molecular complexity index is 999. The van der Waals surface area contributed by atoms with Crippen molar-refractivity contribution in [2.45, 2.75) is 32.0 Å². The van der Waals surface area contributed by atoms with Crippen molar-refractivity contribution in [1.29, 1.82) is 0 Å². The number of aliphatic carboxylic acids is 1. The highest BCUT2D eigenvalue weighted by atomic mass is 16.4. The van der Waals surface area contributed by atoms with Gasteiger partial charge in [0.25, 0.3) is 5.82 Å². The first-order valence-electron chi connectivity index (χ1n) is 9.17. The molecule has 3 atom stereocenters. The van der Waals surface area contributed by atoms with Gasteiger partial charge in [-0.05, 0) is 42.2 Å². The molecule has 2 aliphatic rings. The van der Waals surface area contributed by atoms with Crippen molar-refractivity contribution in [2.24, 2.45) is 5.92 Å². The van der Waals surface area contributed by atoms with Crippen molar-refractivity contribution in [3.8, 4) is 0 Å². The van der Waals surface area contributed by atoms with Gasteiger partial charge in [-0.1, -0.05) is 24.3 Å². The summed E-state index contributed by atoms with van der Waals surface area (Å²) >= 11 is 0. The van der Waals surface area contributed by atoms with Crippen molar-refractivity contribution in [2.75, 3.05) is 5.73 Å². The molecule has 1 aromatic carbocycles. The van der Waals surface area contributed by atoms with Crippen LogP contribution in [0.2, 0.25) is 0 Å². The summed E-state index contributed by atoms with van der Waals surface area (Å²) < 4.78 is 1.89. The Labute approximate surface area is 162 Å². The predicted molar refractivity (Wildman–Crippen MR) is 98.9 cm³/mol. The summed E-state index contributed by atoms with van der Waals surface area (Å²) in [7, 11) is 0. The van der Waals surface area contributed by atoms with Crippen molar-refractivity contribution in [3.05, 3.63) is 65.5 Å². The maximum Gasteiger partial charge on any atom is 0.272 e. The summed E-state index contributed by atoms with van der Waals surface area (Å²) in [5, 5.41) is 21.6. The molecule has 1 fully saturated rings. The third kappa shape index (κ3) is 2.84. The molecule has 2 aromatic rings. The lowest BCUT2D eigenvalue weighted by molar-refractivity contribution is -0.674. The zero-order chi connectivity index (χ0) is 20.0. The molecule has 144 valence electrons. The maximum absolute atomic E-state index is 12.3. The summed E-state index contributed by atoms with van der Waals surface area (Å²) in [6.45, 7) is 2.09. The largest absolute Gasteiger partial charge is 0.543 e. The van der Waals surface area contributed by atoms with E-state index in [9.17, 15) is 19.8 Å². The first-order valence-corrected chi connectivity index (χ1v) is 9.17. The molecule has 1 amide bonds. The number of carboxylic acids is 1. The summed E-state index contributed by atoms with van der Waals surface area (Å²) in [5.41, 5.74) is 8.16. The second-order valence-corrected chi connectivity index (χ2v) is 7.31. The molecular formula is C21H21N3O4. The number of anilines is 1. The number of aliphatic hydroxyl groups excluding tert-OH is 1. The first-order chi connectivity index (χ1) is 13.4. The lowest BCUT2D eigenvalue weighted by Crippen LogP contribution is -2.62. The van der Waals surface area contributed by atoms with Gasteiger partial charge in [-0.2, -0.15) is 0 Å². The number of rotatable bonds is 5. The number of amides is 1. The Morgan fingerprint density at radius 2 is 2.14 bits per heavy atom. The van der Waals surface area contributed by atoms with Gasteiger partial charge in [-0.15, -0.1) is 0 Å². The van der Waals surface area contributed by atoms with Crippen LogP contribution in [-0.2, 0) is 16.1 Å². The molecule has 0 aliphatic carbocycles. The second-order valence-electron chi connectivity index (χ2n) is 7.31. The third-order valence-electron chi connectivity index (χ3n) is 5.53. The van der Waals surface area contributed by atoms with Gasteiger partial charge in [0.15, 0.2) is 0 Å². The van der Waals surface area contributed by atoms with E-state index in [-0.39, 0.29) is 17.6 Å². The number of carbonyl (C=O) groups is 2. The van der Waals surface area contributed by atoms with Crippen LogP contribution in [-0.4, -0.2) is 34.0 Å². The molecule has 1 saturated heterocycles. The monoisotopic (exact) mass is 379 g/mol. The van der Waals surface area contributed by atoms with Gasteiger partial charge in [-0.3, -0.25) is 10.5 Å². The summed E-state index contributed by atoms with van der Waals surface area (Å²) in [6, 6.07) is 12.8. The minimum Gasteiger partial charge on any atom is -0.543 e. The zero-order valence-electron chi connectivity index (χ0n) is 15.4. The van der Waals surface area contributed by atoms with E-state index in [1.54, 1.807) is 6.92 Å². The van der Waals surface area contributed by atoms with Crippen LogP contribution in [0.1, 0.15) is 24.5 Å². The highest BCUT2D eigenvalue weighted by Crippen LogP contribution is 2.46. The number of aliphatic hydroxyl groups is 1. The third-order valence-corrected chi connectivity index (χ3v) is 5.53. The van der Waals surface area contributed by atoms with Crippen LogP contribution in [0.25, 0.3) is 5.57 Å². The topological polar surface area (TPSA) is 111 Å². The number of β-lactam (4-membered cyclic amide) rings is 1. The number of hydrogen-bond acceptors (Lipinski definition) is 5. The van der Waals surface area contributed by atoms with Crippen molar-refractivity contribution in [3.63, 3.8) is 0 Å². The second kappa shape index (κ2) is 6.76. The Morgan fingerprint density at radius 1 is 1.36 bits per heavy atom. The van der Waals surface area contributed by atoms with Gasteiger partial charge >= 0.3 is 0 Å². The average molecular weight is 379 g/mol. The predicted octanol–water partition coefficient (Wildman–Crippen LogP) is -0.323. The number of nitrogens with two attached hydrogens (primary N) is 1. The maximum atomic E-state index is 12.3. The Balaban J connectivity index is 1.68. The van der Waals surface area contributed by atoms with E-state index in [4.69, 9.17) is 5.73 Å². The molecule has 0 bridgehead atoms. The molecule has 3 heterocycles. The molecule has 4 rings (SSSR count). The number of aromatic nitrogens is 1. The summed E-state index contributed by atoms with van der Waals surface area (Å²) in [6.07, 6.45) is 1.44. The van der Waals surface area contributed by atoms with Gasteiger partial charge in [-0.25, -0.2) is 4.57 Å². The number of carbonyl (C=O) groups excluding carboxylic acids is 2. The van der Waals surface area contributed by atoms with Gasteiger partial charge in [0.2, 0.25) is 5.91 Å². The van der Waals surface area contributed by atoms with Crippen molar-refractivity contribution < 1.29 is 24.4 Å². The molecule has 0 saturated carbocycles. The minimum atomic E-state index is -1.37. The first kappa shape index (κ1) is 18.2. The molecule has 0 spiro atoms. The number of benzene rings is 1. The van der Waals surface area contributed by atoms with Crippen LogP contribution in [0.5, 0.6) is 0 Å². The molecule has 7 heteroatoms. The lowest BCUT2D eigenvalue weighted by Gasteiger charge is -2.45. The summed E-state index contributed by atoms with van der Waals surface area (Å²) in [5.74, 6) is -1.69. The quantitative estimate of drug-likeness (QED) is 0.546. The highest BCUT2D eigenvalue weighted by molar-refractivity contribution is 6.05. The molecule has 1 aromatic heterocycles. The van der Waals surface area contributed by atoms with E-state index in [1.165, 1.54) is 4.90 Å². The van der Waals surface area contributed by atoms with E-state index in [0.717, 1.165) is 11.1 Å². The van der Waals surface area contributed by atoms with E-state index in [1.807, 2.05) is 53.2 Å². The van der Waals surface area contributed by atoms with E-state index in [2.05, 4.69) is 0 Å². The number of hydrogen-bond donors (Lipinski definition) is 2. The fraction of sp³-hybridized carbons (Fsp3) is 0.286. The fourth-order valence-electron chi connectivity index (χ4n) is 4.20. The number of pyridine rings is 1. The molecular weight excluding hydrogens is 358 g/mol. The Morgan fingerprint density at radius 3 is 2.82 bits per heavy atom. The number of fused-ring (bicyclic) bond motifs is 1. The minimum absolute atomic E-state index is 0.0871. The molecule has 7 nitrogen and oxygen atoms in total. The SMILES string of the molecule is C[C@@H](O)[C@H]1C(=O)N2C(C(=O)[O-])=C(c3cccc(C[n+]4ccccc4N)c3)C[C@H]12. The van der Waals surface area contributed by atoms with Crippen LogP contribution in [0, 0.1) is 5.92 Å². The molecule has 0 unspecified atom stereocenters. The van der Waals surface area contributed by atoms with Crippen LogP contribution < -0.4 is 15.4 Å². The van der Waals surface area contributed by atoms with E-state index >= 15 is 0 Å². The van der Waals surface area contributed by atoms with E-state index < -0.39 is 18.0 Å². The van der Waals surface area contributed by atoms with Crippen LogP contribution in [0.3, 0.4) is 0 Å². The molecule has 3 N–H and O–H groups in total. The fourth-order valence-corrected chi connectivity index (χ4v) is 4.20. The Kier molecular flexibility index (Phi) is 4.39. The standard InChI is InChI=1S/C21H21N3O4/c1-12(25)18-16-10-15(19(21(27)28)24(16)20(18)26)14-6-4-5-13(9-14)11-23-8-3-2-7-17(23)22/h2-9,12,16,18,22,25H,10-11H2,1H3,(H,27,28)/t12-,16-,18-/m1/s1.